The van der Waals surface area contributed by atoms with E-state index in [1.54, 1.807) is 24.5 Å². The lowest BCUT2D eigenvalue weighted by molar-refractivity contribution is -0.146. The van der Waals surface area contributed by atoms with Crippen LogP contribution in [0.4, 0.5) is 10.5 Å². The van der Waals surface area contributed by atoms with Gasteiger partial charge < -0.3 is 20.8 Å². The second-order valence-electron chi connectivity index (χ2n) is 4.09. The summed E-state index contributed by atoms with van der Waals surface area (Å²) in [4.78, 5) is 26.0. The molecule has 2 aromatic rings. The molecule has 0 saturated heterocycles. The molecule has 1 heterocycles. The van der Waals surface area contributed by atoms with Gasteiger partial charge in [-0.15, -0.1) is 0 Å². The molecule has 2 amide bonds. The van der Waals surface area contributed by atoms with Crippen LogP contribution in [0.2, 0.25) is 0 Å². The van der Waals surface area contributed by atoms with Crippen molar-refractivity contribution in [2.24, 2.45) is 0 Å². The fraction of sp³-hybridized carbons (Fsp3) is 0.154. The standard InChI is InChI=1S/C13H13N3O4/c17-11(12(18)19)7-15-13(20)16-10-3-1-2-8-4-5-14-6-9(8)10/h1-6,11,17H,7H2,(H,18,19)(H2,15,16,20). The number of urea groups is 1. The molecule has 0 spiro atoms. The van der Waals surface area contributed by atoms with Crippen molar-refractivity contribution in [1.82, 2.24) is 10.3 Å². The van der Waals surface area contributed by atoms with Crippen LogP contribution in [0.1, 0.15) is 0 Å². The summed E-state index contributed by atoms with van der Waals surface area (Å²) in [6, 6.07) is 6.59. The van der Waals surface area contributed by atoms with E-state index < -0.39 is 18.1 Å². The Bertz CT molecular complexity index is 639. The molecule has 0 radical (unpaired) electrons. The number of aliphatic hydroxyl groups is 1. The summed E-state index contributed by atoms with van der Waals surface area (Å²) in [5, 5.41) is 24.1. The number of hydrogen-bond donors (Lipinski definition) is 4. The topological polar surface area (TPSA) is 112 Å². The monoisotopic (exact) mass is 275 g/mol. The molecule has 0 bridgehead atoms. The third-order valence-electron chi connectivity index (χ3n) is 2.67. The molecule has 0 aliphatic heterocycles. The van der Waals surface area contributed by atoms with Crippen molar-refractivity contribution in [3.8, 4) is 0 Å². The Labute approximate surface area is 114 Å². The van der Waals surface area contributed by atoms with Gasteiger partial charge in [0.15, 0.2) is 6.10 Å². The number of carbonyl (C=O) groups excluding carboxylic acids is 1. The highest BCUT2D eigenvalue weighted by atomic mass is 16.4. The summed E-state index contributed by atoms with van der Waals surface area (Å²) in [6.45, 7) is -0.371. The zero-order valence-electron chi connectivity index (χ0n) is 10.4. The molecule has 1 aromatic heterocycles. The van der Waals surface area contributed by atoms with Crippen LogP contribution in [-0.4, -0.2) is 39.8 Å². The van der Waals surface area contributed by atoms with E-state index in [-0.39, 0.29) is 6.54 Å². The molecule has 1 atom stereocenters. The van der Waals surface area contributed by atoms with E-state index in [4.69, 9.17) is 10.2 Å². The van der Waals surface area contributed by atoms with Crippen molar-refractivity contribution in [3.63, 3.8) is 0 Å². The van der Waals surface area contributed by atoms with Crippen molar-refractivity contribution in [3.05, 3.63) is 36.7 Å². The number of hydrogen-bond acceptors (Lipinski definition) is 4. The Balaban J connectivity index is 2.05. The predicted octanol–water partition coefficient (Wildman–Crippen LogP) is 0.802. The molecule has 1 unspecified atom stereocenters. The van der Waals surface area contributed by atoms with E-state index in [1.165, 1.54) is 0 Å². The van der Waals surface area contributed by atoms with Gasteiger partial charge in [0.05, 0.1) is 12.2 Å². The molecule has 0 saturated carbocycles. The number of pyridine rings is 1. The molecule has 4 N–H and O–H groups in total. The second-order valence-corrected chi connectivity index (χ2v) is 4.09. The predicted molar refractivity (Wildman–Crippen MR) is 72.4 cm³/mol. The molecule has 7 heteroatoms. The van der Waals surface area contributed by atoms with E-state index >= 15 is 0 Å². The minimum absolute atomic E-state index is 0.371. The van der Waals surface area contributed by atoms with Gasteiger partial charge in [0.25, 0.3) is 0 Å². The fourth-order valence-corrected chi connectivity index (χ4v) is 1.67. The third kappa shape index (κ3) is 3.21. The second kappa shape index (κ2) is 5.98. The van der Waals surface area contributed by atoms with Crippen LogP contribution in [0.5, 0.6) is 0 Å². The van der Waals surface area contributed by atoms with Gasteiger partial charge in [0.2, 0.25) is 0 Å². The lowest BCUT2D eigenvalue weighted by atomic mass is 10.1. The van der Waals surface area contributed by atoms with Crippen molar-refractivity contribution >= 4 is 28.5 Å². The molecular weight excluding hydrogens is 262 g/mol. The highest BCUT2D eigenvalue weighted by Crippen LogP contribution is 2.21. The molecule has 104 valence electrons. The zero-order chi connectivity index (χ0) is 14.5. The van der Waals surface area contributed by atoms with Crippen LogP contribution >= 0.6 is 0 Å². The number of nitrogens with zero attached hydrogens (tertiary/aromatic N) is 1. The average Bonchev–Trinajstić information content (AvgIpc) is 2.45. The zero-order valence-corrected chi connectivity index (χ0v) is 10.4. The summed E-state index contributed by atoms with van der Waals surface area (Å²) in [5.41, 5.74) is 0.554. The number of amides is 2. The summed E-state index contributed by atoms with van der Waals surface area (Å²) in [6.07, 6.45) is 1.64. The number of aliphatic hydroxyl groups excluding tert-OH is 1. The third-order valence-corrected chi connectivity index (χ3v) is 2.67. The first-order valence-electron chi connectivity index (χ1n) is 5.86. The van der Waals surface area contributed by atoms with Gasteiger partial charge in [-0.05, 0) is 17.5 Å². The summed E-state index contributed by atoms with van der Waals surface area (Å²) in [7, 11) is 0. The minimum Gasteiger partial charge on any atom is -0.479 e. The number of aromatic nitrogens is 1. The van der Waals surface area contributed by atoms with Crippen LogP contribution in [0.3, 0.4) is 0 Å². The number of carboxylic acid groups (broad SMARTS) is 1. The maximum atomic E-state index is 11.6. The molecule has 0 fully saturated rings. The SMILES string of the molecule is O=C(NCC(O)C(=O)O)Nc1cccc2ccncc12. The van der Waals surface area contributed by atoms with E-state index in [1.807, 2.05) is 12.1 Å². The lowest BCUT2D eigenvalue weighted by Crippen LogP contribution is -2.38. The van der Waals surface area contributed by atoms with E-state index in [9.17, 15) is 9.59 Å². The number of aliphatic carboxylic acids is 1. The Morgan fingerprint density at radius 3 is 2.85 bits per heavy atom. The molecular formula is C13H13N3O4. The summed E-state index contributed by atoms with van der Waals surface area (Å²) in [5.74, 6) is -1.39. The summed E-state index contributed by atoms with van der Waals surface area (Å²) < 4.78 is 0. The van der Waals surface area contributed by atoms with E-state index in [2.05, 4.69) is 15.6 Å². The van der Waals surface area contributed by atoms with Crippen molar-refractivity contribution < 1.29 is 19.8 Å². The highest BCUT2D eigenvalue weighted by Gasteiger charge is 2.14. The smallest absolute Gasteiger partial charge is 0.334 e. The normalized spacial score (nSPS) is 11.8. The van der Waals surface area contributed by atoms with Gasteiger partial charge in [0, 0.05) is 17.8 Å². The number of carboxylic acids is 1. The van der Waals surface area contributed by atoms with Gasteiger partial charge in [-0.2, -0.15) is 0 Å². The molecule has 0 aliphatic carbocycles. The average molecular weight is 275 g/mol. The first kappa shape index (κ1) is 13.8. The number of fused-ring (bicyclic) bond motifs is 1. The minimum atomic E-state index is -1.63. The molecule has 20 heavy (non-hydrogen) atoms. The largest absolute Gasteiger partial charge is 0.479 e. The Hall–Kier alpha value is -2.67. The van der Waals surface area contributed by atoms with Gasteiger partial charge >= 0.3 is 12.0 Å². The first-order valence-corrected chi connectivity index (χ1v) is 5.86. The van der Waals surface area contributed by atoms with Crippen LogP contribution in [0.15, 0.2) is 36.7 Å². The van der Waals surface area contributed by atoms with Crippen LogP contribution < -0.4 is 10.6 Å². The number of rotatable bonds is 4. The quantitative estimate of drug-likeness (QED) is 0.659. The summed E-state index contributed by atoms with van der Waals surface area (Å²) >= 11 is 0. The maximum absolute atomic E-state index is 11.6. The molecule has 2 rings (SSSR count). The van der Waals surface area contributed by atoms with Crippen molar-refractivity contribution in [2.45, 2.75) is 6.10 Å². The first-order chi connectivity index (χ1) is 9.58. The van der Waals surface area contributed by atoms with Crippen LogP contribution in [-0.2, 0) is 4.79 Å². The molecule has 1 aromatic carbocycles. The van der Waals surface area contributed by atoms with Crippen LogP contribution in [0.25, 0.3) is 10.8 Å². The number of nitrogens with one attached hydrogen (secondary N) is 2. The van der Waals surface area contributed by atoms with E-state index in [0.717, 1.165) is 10.8 Å². The highest BCUT2D eigenvalue weighted by molar-refractivity contribution is 6.01. The van der Waals surface area contributed by atoms with Gasteiger partial charge in [0.1, 0.15) is 0 Å². The molecule has 7 nitrogen and oxygen atoms in total. The van der Waals surface area contributed by atoms with E-state index in [0.29, 0.717) is 5.69 Å². The van der Waals surface area contributed by atoms with Crippen molar-refractivity contribution in [2.75, 3.05) is 11.9 Å². The van der Waals surface area contributed by atoms with Crippen LogP contribution in [0, 0.1) is 0 Å². The van der Waals surface area contributed by atoms with Crippen molar-refractivity contribution in [1.29, 1.82) is 0 Å². The Morgan fingerprint density at radius 1 is 1.30 bits per heavy atom. The maximum Gasteiger partial charge on any atom is 0.334 e. The number of benzene rings is 1. The lowest BCUT2D eigenvalue weighted by Gasteiger charge is -2.11. The number of carbonyl (C=O) groups is 2. The van der Waals surface area contributed by atoms with Gasteiger partial charge in [-0.1, -0.05) is 12.1 Å². The Morgan fingerprint density at radius 2 is 2.10 bits per heavy atom. The number of anilines is 1. The van der Waals surface area contributed by atoms with Gasteiger partial charge in [-0.25, -0.2) is 9.59 Å². The molecule has 0 aliphatic rings. The van der Waals surface area contributed by atoms with Gasteiger partial charge in [-0.3, -0.25) is 4.98 Å². The fourth-order valence-electron chi connectivity index (χ4n) is 1.67. The Kier molecular flexibility index (Phi) is 4.11.